The first-order valence-corrected chi connectivity index (χ1v) is 13.3. The van der Waals surface area contributed by atoms with E-state index in [1.807, 2.05) is 0 Å². The summed E-state index contributed by atoms with van der Waals surface area (Å²) in [5.41, 5.74) is 0.361. The number of carbonyl (C=O) groups excluding carboxylic acids is 2. The molecule has 0 fully saturated rings. The number of hydrogen-bond acceptors (Lipinski definition) is 7. The number of para-hydroxylation sites is 1. The third-order valence-electron chi connectivity index (χ3n) is 5.23. The van der Waals surface area contributed by atoms with Gasteiger partial charge in [0.25, 0.3) is 15.9 Å². The standard InChI is InChI=1S/C26H21N3O7S2/c30-22-15-19(11-13-21(22)25(32)33)28-38(35,36)23-14-12-20(37-23)16-29(24(31)17-7-3-1-4-8-17)26(34)27-18-9-5-2-6-10-18/h1-15,28,30H,16H2,(H,27,34)(H,32,33). The molecule has 0 saturated carbocycles. The number of carboxylic acid groups (broad SMARTS) is 1. The predicted molar refractivity (Wildman–Crippen MR) is 142 cm³/mol. The van der Waals surface area contributed by atoms with Crippen LogP contribution in [-0.2, 0) is 16.6 Å². The molecule has 0 aliphatic rings. The Kier molecular flexibility index (Phi) is 7.74. The fourth-order valence-corrected chi connectivity index (χ4v) is 5.80. The van der Waals surface area contributed by atoms with Crippen molar-refractivity contribution in [3.8, 4) is 5.75 Å². The molecule has 0 aliphatic carbocycles. The molecule has 0 unspecified atom stereocenters. The number of phenols is 1. The van der Waals surface area contributed by atoms with Crippen molar-refractivity contribution >= 4 is 50.6 Å². The molecule has 0 aliphatic heterocycles. The van der Waals surface area contributed by atoms with E-state index in [4.69, 9.17) is 5.11 Å². The lowest BCUT2D eigenvalue weighted by molar-refractivity contribution is 0.0692. The van der Waals surface area contributed by atoms with Gasteiger partial charge in [-0.15, -0.1) is 11.3 Å². The minimum atomic E-state index is -4.11. The second-order valence-corrected chi connectivity index (χ2v) is 11.0. The van der Waals surface area contributed by atoms with Crippen LogP contribution in [0.2, 0.25) is 0 Å². The summed E-state index contributed by atoms with van der Waals surface area (Å²) < 4.78 is 28.0. The van der Waals surface area contributed by atoms with Crippen molar-refractivity contribution < 1.29 is 33.0 Å². The van der Waals surface area contributed by atoms with E-state index >= 15 is 0 Å². The maximum atomic E-state index is 13.2. The van der Waals surface area contributed by atoms with Gasteiger partial charge in [0.1, 0.15) is 15.5 Å². The highest BCUT2D eigenvalue weighted by molar-refractivity contribution is 7.94. The summed E-state index contributed by atoms with van der Waals surface area (Å²) in [6, 6.07) is 22.2. The average Bonchev–Trinajstić information content (AvgIpc) is 3.37. The summed E-state index contributed by atoms with van der Waals surface area (Å²) >= 11 is 0.855. The second-order valence-electron chi connectivity index (χ2n) is 7.92. The Morgan fingerprint density at radius 2 is 1.50 bits per heavy atom. The van der Waals surface area contributed by atoms with E-state index < -0.39 is 33.7 Å². The highest BCUT2D eigenvalue weighted by Crippen LogP contribution is 2.28. The Morgan fingerprint density at radius 3 is 2.13 bits per heavy atom. The van der Waals surface area contributed by atoms with E-state index in [1.54, 1.807) is 60.7 Å². The number of anilines is 2. The number of aromatic carboxylic acids is 1. The number of amides is 3. The van der Waals surface area contributed by atoms with Crippen LogP contribution in [0.5, 0.6) is 5.75 Å². The van der Waals surface area contributed by atoms with Gasteiger partial charge in [-0.1, -0.05) is 36.4 Å². The molecule has 4 N–H and O–H groups in total. The molecule has 4 aromatic rings. The molecule has 0 spiro atoms. The maximum Gasteiger partial charge on any atom is 0.339 e. The number of imide groups is 1. The Morgan fingerprint density at radius 1 is 0.842 bits per heavy atom. The van der Waals surface area contributed by atoms with Gasteiger partial charge in [-0.2, -0.15) is 0 Å². The molecule has 1 aromatic heterocycles. The fraction of sp³-hybridized carbons (Fsp3) is 0.0385. The van der Waals surface area contributed by atoms with E-state index in [2.05, 4.69) is 10.0 Å². The molecule has 0 radical (unpaired) electrons. The number of nitrogens with one attached hydrogen (secondary N) is 2. The predicted octanol–water partition coefficient (Wildman–Crippen LogP) is 4.83. The van der Waals surface area contributed by atoms with Crippen molar-refractivity contribution in [3.63, 3.8) is 0 Å². The van der Waals surface area contributed by atoms with Gasteiger partial charge >= 0.3 is 12.0 Å². The molecule has 0 atom stereocenters. The maximum absolute atomic E-state index is 13.2. The van der Waals surface area contributed by atoms with Crippen LogP contribution in [0.15, 0.2) is 95.2 Å². The molecule has 1 heterocycles. The van der Waals surface area contributed by atoms with Crippen LogP contribution in [-0.4, -0.2) is 41.4 Å². The molecule has 0 bridgehead atoms. The van der Waals surface area contributed by atoms with Crippen molar-refractivity contribution in [2.75, 3.05) is 10.0 Å². The van der Waals surface area contributed by atoms with Crippen molar-refractivity contribution in [2.45, 2.75) is 10.8 Å². The summed E-state index contributed by atoms with van der Waals surface area (Å²) in [7, 11) is -4.11. The minimum absolute atomic E-state index is 0.0365. The summed E-state index contributed by atoms with van der Waals surface area (Å²) in [6.07, 6.45) is 0. The summed E-state index contributed by atoms with van der Waals surface area (Å²) in [5.74, 6) is -2.52. The van der Waals surface area contributed by atoms with Gasteiger partial charge in [0, 0.05) is 22.2 Å². The van der Waals surface area contributed by atoms with Crippen LogP contribution in [0.3, 0.4) is 0 Å². The highest BCUT2D eigenvalue weighted by atomic mass is 32.2. The normalized spacial score (nSPS) is 10.9. The number of carboxylic acids is 1. The lowest BCUT2D eigenvalue weighted by Crippen LogP contribution is -2.39. The van der Waals surface area contributed by atoms with Gasteiger partial charge in [-0.25, -0.2) is 18.0 Å². The molecule has 4 rings (SSSR count). The van der Waals surface area contributed by atoms with Gasteiger partial charge in [0.2, 0.25) is 0 Å². The van der Waals surface area contributed by atoms with Crippen LogP contribution < -0.4 is 10.0 Å². The largest absolute Gasteiger partial charge is 0.507 e. The molecule has 0 saturated heterocycles. The van der Waals surface area contributed by atoms with E-state index in [9.17, 15) is 27.9 Å². The lowest BCUT2D eigenvalue weighted by atomic mass is 10.2. The Labute approximate surface area is 221 Å². The zero-order chi connectivity index (χ0) is 27.3. The topological polar surface area (TPSA) is 153 Å². The van der Waals surface area contributed by atoms with E-state index in [1.165, 1.54) is 18.2 Å². The fourth-order valence-electron chi connectivity index (χ4n) is 3.41. The molecule has 194 valence electrons. The van der Waals surface area contributed by atoms with Crippen molar-refractivity contribution in [2.24, 2.45) is 0 Å². The van der Waals surface area contributed by atoms with Gasteiger partial charge in [-0.3, -0.25) is 14.4 Å². The quantitative estimate of drug-likeness (QED) is 0.245. The first-order chi connectivity index (χ1) is 18.1. The van der Waals surface area contributed by atoms with Gasteiger partial charge in [0.05, 0.1) is 12.2 Å². The SMILES string of the molecule is O=C(O)c1ccc(NS(=O)(=O)c2ccc(CN(C(=O)Nc3ccccc3)C(=O)c3ccccc3)s2)cc1O. The number of rotatable bonds is 8. The number of aromatic hydroxyl groups is 1. The molecule has 3 aromatic carbocycles. The van der Waals surface area contributed by atoms with Gasteiger partial charge in [-0.05, 0) is 48.5 Å². The van der Waals surface area contributed by atoms with E-state index in [0.29, 0.717) is 10.6 Å². The number of hydrogen-bond donors (Lipinski definition) is 4. The number of nitrogens with zero attached hydrogens (tertiary/aromatic N) is 1. The molecular formula is C26H21N3O7S2. The summed E-state index contributed by atoms with van der Waals surface area (Å²) in [6.45, 7) is -0.194. The first kappa shape index (κ1) is 26.4. The number of benzene rings is 3. The minimum Gasteiger partial charge on any atom is -0.507 e. The second kappa shape index (κ2) is 11.2. The third-order valence-corrected chi connectivity index (χ3v) is 8.18. The number of thiophene rings is 1. The number of carbonyl (C=O) groups is 3. The average molecular weight is 552 g/mol. The highest BCUT2D eigenvalue weighted by Gasteiger charge is 2.25. The van der Waals surface area contributed by atoms with Crippen molar-refractivity contribution in [1.29, 1.82) is 0 Å². The van der Waals surface area contributed by atoms with Gasteiger partial charge in [0.15, 0.2) is 0 Å². The molecular weight excluding hydrogens is 530 g/mol. The first-order valence-electron chi connectivity index (χ1n) is 11.0. The Balaban J connectivity index is 1.56. The van der Waals surface area contributed by atoms with Crippen molar-refractivity contribution in [1.82, 2.24) is 4.90 Å². The van der Waals surface area contributed by atoms with Gasteiger partial charge < -0.3 is 15.5 Å². The van der Waals surface area contributed by atoms with E-state index in [-0.39, 0.29) is 27.6 Å². The van der Waals surface area contributed by atoms with Crippen LogP contribution >= 0.6 is 11.3 Å². The zero-order valence-electron chi connectivity index (χ0n) is 19.6. The molecule has 3 amide bonds. The molecule has 10 nitrogen and oxygen atoms in total. The number of sulfonamides is 1. The van der Waals surface area contributed by atoms with Crippen molar-refractivity contribution in [3.05, 3.63) is 107 Å². The van der Waals surface area contributed by atoms with E-state index in [0.717, 1.165) is 28.4 Å². The zero-order valence-corrected chi connectivity index (χ0v) is 21.2. The number of urea groups is 1. The third kappa shape index (κ3) is 6.17. The summed E-state index contributed by atoms with van der Waals surface area (Å²) in [4.78, 5) is 38.8. The van der Waals surface area contributed by atoms with Crippen LogP contribution in [0, 0.1) is 0 Å². The molecule has 38 heavy (non-hydrogen) atoms. The smallest absolute Gasteiger partial charge is 0.339 e. The lowest BCUT2D eigenvalue weighted by Gasteiger charge is -2.21. The van der Waals surface area contributed by atoms with Crippen LogP contribution in [0.4, 0.5) is 16.2 Å². The van der Waals surface area contributed by atoms with Crippen LogP contribution in [0.1, 0.15) is 25.6 Å². The molecule has 12 heteroatoms. The Bertz CT molecular complexity index is 1590. The summed E-state index contributed by atoms with van der Waals surface area (Å²) in [5, 5.41) is 21.5. The van der Waals surface area contributed by atoms with Crippen LogP contribution in [0.25, 0.3) is 0 Å². The Hall–Kier alpha value is -4.68. The monoisotopic (exact) mass is 551 g/mol.